The van der Waals surface area contributed by atoms with Crippen molar-refractivity contribution in [2.75, 3.05) is 11.5 Å². The Labute approximate surface area is 69.8 Å². The summed E-state index contributed by atoms with van der Waals surface area (Å²) >= 11 is 0. The second kappa shape index (κ2) is 3.27. The first-order valence-corrected chi connectivity index (χ1v) is 3.14. The van der Waals surface area contributed by atoms with Gasteiger partial charge in [0.05, 0.1) is 23.1 Å². The number of nitriles is 1. The molecule has 0 saturated heterocycles. The van der Waals surface area contributed by atoms with E-state index in [0.29, 0.717) is 16.9 Å². The highest BCUT2D eigenvalue weighted by Gasteiger charge is 1.98. The van der Waals surface area contributed by atoms with Crippen molar-refractivity contribution in [3.8, 4) is 17.9 Å². The van der Waals surface area contributed by atoms with E-state index in [1.165, 1.54) is 12.4 Å². The Bertz CT molecular complexity index is 392. The van der Waals surface area contributed by atoms with Gasteiger partial charge < -0.3 is 11.5 Å². The van der Waals surface area contributed by atoms with E-state index in [1.807, 2.05) is 0 Å². The number of hydrogen-bond acceptors (Lipinski definition) is 4. The third kappa shape index (κ3) is 1.44. The van der Waals surface area contributed by atoms with Crippen molar-refractivity contribution in [3.05, 3.63) is 18.0 Å². The molecule has 0 fully saturated rings. The average molecular weight is 158 g/mol. The Kier molecular flexibility index (Phi) is 2.15. The molecule has 4 heteroatoms. The highest BCUT2D eigenvalue weighted by atomic mass is 14.7. The van der Waals surface area contributed by atoms with E-state index in [0.717, 1.165) is 0 Å². The van der Waals surface area contributed by atoms with Gasteiger partial charge in [-0.15, -0.1) is 0 Å². The van der Waals surface area contributed by atoms with E-state index in [4.69, 9.17) is 16.7 Å². The summed E-state index contributed by atoms with van der Waals surface area (Å²) in [6, 6.07) is 1.68. The van der Waals surface area contributed by atoms with Gasteiger partial charge in [0.2, 0.25) is 0 Å². The molecule has 0 aliphatic carbocycles. The van der Waals surface area contributed by atoms with Gasteiger partial charge in [0.25, 0.3) is 0 Å². The second-order valence-electron chi connectivity index (χ2n) is 2.05. The number of anilines is 2. The minimum absolute atomic E-state index is 0.368. The minimum Gasteiger partial charge on any atom is -0.396 e. The normalized spacial score (nSPS) is 7.92. The van der Waals surface area contributed by atoms with E-state index >= 15 is 0 Å². The first-order valence-electron chi connectivity index (χ1n) is 3.14. The first kappa shape index (κ1) is 7.90. The van der Waals surface area contributed by atoms with Gasteiger partial charge in [0, 0.05) is 12.1 Å². The van der Waals surface area contributed by atoms with Crippen LogP contribution >= 0.6 is 0 Å². The Morgan fingerprint density at radius 1 is 1.33 bits per heavy atom. The van der Waals surface area contributed by atoms with E-state index < -0.39 is 0 Å². The lowest BCUT2D eigenvalue weighted by Crippen LogP contribution is -1.98. The van der Waals surface area contributed by atoms with E-state index in [-0.39, 0.29) is 0 Å². The highest BCUT2D eigenvalue weighted by molar-refractivity contribution is 5.70. The molecule has 1 rings (SSSR count). The molecular weight excluding hydrogens is 152 g/mol. The predicted molar refractivity (Wildman–Crippen MR) is 45.6 cm³/mol. The van der Waals surface area contributed by atoms with Crippen molar-refractivity contribution in [2.45, 2.75) is 0 Å². The van der Waals surface area contributed by atoms with Crippen LogP contribution in [0.25, 0.3) is 0 Å². The lowest BCUT2D eigenvalue weighted by molar-refractivity contribution is 1.32. The van der Waals surface area contributed by atoms with Crippen LogP contribution < -0.4 is 11.5 Å². The number of nitrogen functional groups attached to an aromatic ring is 2. The summed E-state index contributed by atoms with van der Waals surface area (Å²) in [5.41, 5.74) is 12.2. The molecule has 4 N–H and O–H groups in total. The molecule has 58 valence electrons. The largest absolute Gasteiger partial charge is 0.396 e. The molecule has 0 bridgehead atoms. The molecule has 1 aromatic heterocycles. The standard InChI is InChI=1S/C8H6N4/c9-3-1-2-6-4-12-5-7(10)8(6)11/h4-5H,10H2,(H2,11,12). The van der Waals surface area contributed by atoms with Crippen molar-refractivity contribution >= 4 is 11.4 Å². The van der Waals surface area contributed by atoms with E-state index in [2.05, 4.69) is 16.8 Å². The van der Waals surface area contributed by atoms with Crippen molar-refractivity contribution in [3.63, 3.8) is 0 Å². The summed E-state index contributed by atoms with van der Waals surface area (Å²) in [4.78, 5) is 3.78. The lowest BCUT2D eigenvalue weighted by atomic mass is 10.2. The quantitative estimate of drug-likeness (QED) is 0.525. The molecule has 0 unspecified atom stereocenters. The summed E-state index contributed by atoms with van der Waals surface area (Å²) in [6.45, 7) is 0. The monoisotopic (exact) mass is 158 g/mol. The molecule has 0 saturated carbocycles. The topological polar surface area (TPSA) is 88.7 Å². The summed E-state index contributed by atoms with van der Waals surface area (Å²) in [7, 11) is 0. The Hall–Kier alpha value is -2.20. The Morgan fingerprint density at radius 3 is 2.75 bits per heavy atom. The Balaban J connectivity index is 3.19. The van der Waals surface area contributed by atoms with Crippen molar-refractivity contribution in [1.29, 1.82) is 5.26 Å². The van der Waals surface area contributed by atoms with Gasteiger partial charge in [-0.1, -0.05) is 0 Å². The van der Waals surface area contributed by atoms with Crippen LogP contribution in [0, 0.1) is 23.2 Å². The van der Waals surface area contributed by atoms with Crippen LogP contribution in [-0.4, -0.2) is 4.98 Å². The number of rotatable bonds is 0. The highest BCUT2D eigenvalue weighted by Crippen LogP contribution is 2.15. The molecule has 0 aromatic carbocycles. The summed E-state index contributed by atoms with van der Waals surface area (Å²) in [5.74, 6) is 4.74. The summed E-state index contributed by atoms with van der Waals surface area (Å²) in [5, 5.41) is 8.17. The third-order valence-corrected chi connectivity index (χ3v) is 1.27. The van der Waals surface area contributed by atoms with E-state index in [1.54, 1.807) is 6.07 Å². The molecule has 0 spiro atoms. The van der Waals surface area contributed by atoms with Gasteiger partial charge in [-0.25, -0.2) is 0 Å². The zero-order chi connectivity index (χ0) is 8.97. The molecule has 4 nitrogen and oxygen atoms in total. The molecule has 1 aromatic rings. The predicted octanol–water partition coefficient (Wildman–Crippen LogP) is 0.121. The van der Waals surface area contributed by atoms with Crippen LogP contribution in [0.4, 0.5) is 11.4 Å². The van der Waals surface area contributed by atoms with Crippen molar-refractivity contribution in [1.82, 2.24) is 4.98 Å². The second-order valence-corrected chi connectivity index (χ2v) is 2.05. The third-order valence-electron chi connectivity index (χ3n) is 1.27. The number of pyridine rings is 1. The molecule has 12 heavy (non-hydrogen) atoms. The molecule has 0 aliphatic rings. The van der Waals surface area contributed by atoms with E-state index in [9.17, 15) is 0 Å². The number of aromatic nitrogens is 1. The molecular formula is C8H6N4. The van der Waals surface area contributed by atoms with Gasteiger partial charge >= 0.3 is 0 Å². The van der Waals surface area contributed by atoms with Gasteiger partial charge in [-0.2, -0.15) is 5.26 Å². The molecule has 0 radical (unpaired) electrons. The van der Waals surface area contributed by atoms with Gasteiger partial charge in [0.15, 0.2) is 6.07 Å². The van der Waals surface area contributed by atoms with Crippen molar-refractivity contribution in [2.24, 2.45) is 0 Å². The maximum atomic E-state index is 8.17. The fraction of sp³-hybridized carbons (Fsp3) is 0. The number of hydrogen-bond donors (Lipinski definition) is 2. The summed E-state index contributed by atoms with van der Waals surface area (Å²) < 4.78 is 0. The maximum absolute atomic E-state index is 8.17. The van der Waals surface area contributed by atoms with Gasteiger partial charge in [-0.05, 0) is 5.92 Å². The van der Waals surface area contributed by atoms with Crippen LogP contribution in [0.3, 0.4) is 0 Å². The lowest BCUT2D eigenvalue weighted by Gasteiger charge is -1.99. The Morgan fingerprint density at radius 2 is 2.08 bits per heavy atom. The van der Waals surface area contributed by atoms with Crippen LogP contribution in [0.15, 0.2) is 12.4 Å². The smallest absolute Gasteiger partial charge is 0.152 e. The minimum atomic E-state index is 0.368. The zero-order valence-electron chi connectivity index (χ0n) is 6.20. The van der Waals surface area contributed by atoms with Crippen LogP contribution in [-0.2, 0) is 0 Å². The first-order chi connectivity index (χ1) is 5.75. The number of nitrogens with two attached hydrogens (primary N) is 2. The van der Waals surface area contributed by atoms with Gasteiger partial charge in [-0.3, -0.25) is 4.98 Å². The van der Waals surface area contributed by atoms with Crippen LogP contribution in [0.5, 0.6) is 0 Å². The zero-order valence-corrected chi connectivity index (χ0v) is 6.20. The SMILES string of the molecule is N#CC#Cc1cncc(N)c1N. The van der Waals surface area contributed by atoms with Gasteiger partial charge in [0.1, 0.15) is 0 Å². The van der Waals surface area contributed by atoms with Crippen molar-refractivity contribution < 1.29 is 0 Å². The summed E-state index contributed by atoms with van der Waals surface area (Å²) in [6.07, 6.45) is 2.91. The van der Waals surface area contributed by atoms with Crippen LogP contribution in [0.1, 0.15) is 5.56 Å². The fourth-order valence-electron chi connectivity index (χ4n) is 0.682. The molecule has 0 amide bonds. The molecule has 0 atom stereocenters. The molecule has 0 aliphatic heterocycles. The fourth-order valence-corrected chi connectivity index (χ4v) is 0.682. The average Bonchev–Trinajstić information content (AvgIpc) is 2.08. The van der Waals surface area contributed by atoms with Crippen LogP contribution in [0.2, 0.25) is 0 Å². The molecule has 1 heterocycles. The number of nitrogens with zero attached hydrogens (tertiary/aromatic N) is 2. The maximum Gasteiger partial charge on any atom is 0.152 e.